The fraction of sp³-hybridized carbons (Fsp3) is 0.200. The molecule has 6 heteroatoms. The topological polar surface area (TPSA) is 80.4 Å². The molecule has 0 saturated heterocycles. The van der Waals surface area contributed by atoms with Gasteiger partial charge < -0.3 is 10.8 Å². The first-order chi connectivity index (χ1) is 7.38. The molecule has 0 spiro atoms. The minimum atomic E-state index is -3.68. The normalized spacial score (nSPS) is 12.2. The predicted octanol–water partition coefficient (Wildman–Crippen LogP) is 0.907. The van der Waals surface area contributed by atoms with Crippen LogP contribution in [0.5, 0.6) is 5.75 Å². The van der Waals surface area contributed by atoms with E-state index in [1.54, 1.807) is 0 Å². The van der Waals surface area contributed by atoms with Gasteiger partial charge in [0.25, 0.3) is 0 Å². The summed E-state index contributed by atoms with van der Waals surface area (Å²) in [5.41, 5.74) is 5.40. The average molecular weight is 245 g/mol. The van der Waals surface area contributed by atoms with E-state index in [1.807, 2.05) is 0 Å². The maximum absolute atomic E-state index is 13.5. The first-order valence-electron chi connectivity index (χ1n) is 4.46. The largest absolute Gasteiger partial charge is 0.504 e. The lowest BCUT2D eigenvalue weighted by Gasteiger charge is -2.05. The molecule has 0 aromatic heterocycles. The molecule has 1 aromatic carbocycles. The van der Waals surface area contributed by atoms with Gasteiger partial charge in [0, 0.05) is 18.4 Å². The van der Waals surface area contributed by atoms with E-state index in [9.17, 15) is 17.9 Å². The highest BCUT2D eigenvalue weighted by Crippen LogP contribution is 2.28. The minimum Gasteiger partial charge on any atom is -0.504 e. The van der Waals surface area contributed by atoms with E-state index in [2.05, 4.69) is 0 Å². The van der Waals surface area contributed by atoms with Gasteiger partial charge in [-0.25, -0.2) is 12.8 Å². The Labute approximate surface area is 93.1 Å². The van der Waals surface area contributed by atoms with E-state index in [4.69, 9.17) is 5.73 Å². The van der Waals surface area contributed by atoms with Crippen molar-refractivity contribution in [2.24, 2.45) is 5.73 Å². The Balaban J connectivity index is 3.35. The van der Waals surface area contributed by atoms with E-state index < -0.39 is 26.3 Å². The Bertz CT molecular complexity index is 523. The number of sulfone groups is 1. The first-order valence-corrected chi connectivity index (χ1v) is 6.35. The molecule has 0 unspecified atom stereocenters. The molecule has 88 valence electrons. The Kier molecular flexibility index (Phi) is 3.66. The molecule has 16 heavy (non-hydrogen) atoms. The van der Waals surface area contributed by atoms with Gasteiger partial charge in [0.1, 0.15) is 4.90 Å². The standard InChI is InChI=1S/C10H12FNO3S/c1-16(14,15)8-5-4-7(3-2-6-12)10(13)9(8)11/h2-5,13H,6,12H2,1H3/b3-2+. The molecule has 3 N–H and O–H groups in total. The fourth-order valence-corrected chi connectivity index (χ4v) is 1.91. The number of halogens is 1. The van der Waals surface area contributed by atoms with Crippen LogP contribution in [0, 0.1) is 5.82 Å². The second-order valence-electron chi connectivity index (χ2n) is 3.23. The van der Waals surface area contributed by atoms with E-state index in [0.29, 0.717) is 0 Å². The van der Waals surface area contributed by atoms with Crippen LogP contribution in [-0.2, 0) is 9.84 Å². The third-order valence-electron chi connectivity index (χ3n) is 1.94. The van der Waals surface area contributed by atoms with E-state index in [0.717, 1.165) is 12.3 Å². The van der Waals surface area contributed by atoms with Gasteiger partial charge >= 0.3 is 0 Å². The summed E-state index contributed by atoms with van der Waals surface area (Å²) in [6.45, 7) is 0.245. The van der Waals surface area contributed by atoms with Crippen molar-refractivity contribution in [3.05, 3.63) is 29.6 Å². The molecular weight excluding hydrogens is 233 g/mol. The van der Waals surface area contributed by atoms with Gasteiger partial charge in [-0.1, -0.05) is 12.2 Å². The molecule has 0 bridgehead atoms. The Morgan fingerprint density at radius 3 is 2.62 bits per heavy atom. The Morgan fingerprint density at radius 1 is 1.50 bits per heavy atom. The average Bonchev–Trinajstić information content (AvgIpc) is 2.18. The highest BCUT2D eigenvalue weighted by atomic mass is 32.2. The van der Waals surface area contributed by atoms with Crippen LogP contribution >= 0.6 is 0 Å². The molecule has 0 radical (unpaired) electrons. The van der Waals surface area contributed by atoms with Crippen LogP contribution in [0.2, 0.25) is 0 Å². The molecule has 0 amide bonds. The van der Waals surface area contributed by atoms with Gasteiger partial charge in [-0.2, -0.15) is 0 Å². The van der Waals surface area contributed by atoms with Crippen molar-refractivity contribution in [2.75, 3.05) is 12.8 Å². The SMILES string of the molecule is CS(=O)(=O)c1ccc(/C=C/CN)c(O)c1F. The first kappa shape index (κ1) is 12.7. The van der Waals surface area contributed by atoms with Crippen molar-refractivity contribution in [1.82, 2.24) is 0 Å². The maximum Gasteiger partial charge on any atom is 0.184 e. The number of rotatable bonds is 3. The summed E-state index contributed by atoms with van der Waals surface area (Å²) >= 11 is 0. The zero-order valence-corrected chi connectivity index (χ0v) is 9.46. The van der Waals surface area contributed by atoms with Crippen molar-refractivity contribution < 1.29 is 17.9 Å². The van der Waals surface area contributed by atoms with Crippen LogP contribution in [0.25, 0.3) is 6.08 Å². The van der Waals surface area contributed by atoms with Gasteiger partial charge in [0.15, 0.2) is 21.4 Å². The number of nitrogens with two attached hydrogens (primary N) is 1. The molecule has 4 nitrogen and oxygen atoms in total. The lowest BCUT2D eigenvalue weighted by Crippen LogP contribution is -2.01. The van der Waals surface area contributed by atoms with Crippen molar-refractivity contribution in [3.63, 3.8) is 0 Å². The second kappa shape index (κ2) is 4.63. The highest BCUT2D eigenvalue weighted by molar-refractivity contribution is 7.90. The quantitative estimate of drug-likeness (QED) is 0.829. The lowest BCUT2D eigenvalue weighted by molar-refractivity contribution is 0.421. The van der Waals surface area contributed by atoms with Crippen molar-refractivity contribution in [2.45, 2.75) is 4.90 Å². The summed E-state index contributed by atoms with van der Waals surface area (Å²) in [6.07, 6.45) is 3.82. The maximum atomic E-state index is 13.5. The van der Waals surface area contributed by atoms with E-state index in [-0.39, 0.29) is 12.1 Å². The molecule has 0 aliphatic carbocycles. The van der Waals surface area contributed by atoms with Crippen molar-refractivity contribution in [3.8, 4) is 5.75 Å². The molecule has 1 rings (SSSR count). The van der Waals surface area contributed by atoms with E-state index in [1.165, 1.54) is 18.2 Å². The summed E-state index contributed by atoms with van der Waals surface area (Å²) in [7, 11) is -3.68. The molecule has 0 fully saturated rings. The highest BCUT2D eigenvalue weighted by Gasteiger charge is 2.18. The number of hydrogen-bond acceptors (Lipinski definition) is 4. The zero-order valence-electron chi connectivity index (χ0n) is 8.64. The number of phenols is 1. The van der Waals surface area contributed by atoms with Gasteiger partial charge in [-0.05, 0) is 12.1 Å². The third kappa shape index (κ3) is 2.59. The fourth-order valence-electron chi connectivity index (χ4n) is 1.18. The van der Waals surface area contributed by atoms with Crippen LogP contribution in [0.1, 0.15) is 5.56 Å². The van der Waals surface area contributed by atoms with Gasteiger partial charge in [-0.15, -0.1) is 0 Å². The summed E-state index contributed by atoms with van der Waals surface area (Å²) in [5.74, 6) is -1.82. The van der Waals surface area contributed by atoms with Gasteiger partial charge in [-0.3, -0.25) is 0 Å². The Morgan fingerprint density at radius 2 is 2.12 bits per heavy atom. The van der Waals surface area contributed by atoms with Crippen LogP contribution in [0.15, 0.2) is 23.1 Å². The summed E-state index contributed by atoms with van der Waals surface area (Å²) in [4.78, 5) is -0.519. The van der Waals surface area contributed by atoms with Gasteiger partial charge in [0.2, 0.25) is 0 Å². The number of hydrogen-bond donors (Lipinski definition) is 2. The summed E-state index contributed by atoms with van der Waals surface area (Å²) < 4.78 is 35.8. The summed E-state index contributed by atoms with van der Waals surface area (Å²) in [5, 5.41) is 9.44. The van der Waals surface area contributed by atoms with Gasteiger partial charge in [0.05, 0.1) is 0 Å². The van der Waals surface area contributed by atoms with Crippen molar-refractivity contribution in [1.29, 1.82) is 0 Å². The van der Waals surface area contributed by atoms with E-state index >= 15 is 0 Å². The molecular formula is C10H12FNO3S. The number of aromatic hydroxyl groups is 1. The zero-order chi connectivity index (χ0) is 12.3. The molecule has 0 heterocycles. The molecule has 0 atom stereocenters. The van der Waals surface area contributed by atoms with Crippen LogP contribution in [0.4, 0.5) is 4.39 Å². The van der Waals surface area contributed by atoms with Crippen LogP contribution in [0.3, 0.4) is 0 Å². The Hall–Kier alpha value is -1.40. The van der Waals surface area contributed by atoms with Crippen LogP contribution < -0.4 is 5.73 Å². The lowest BCUT2D eigenvalue weighted by atomic mass is 10.2. The molecule has 0 aliphatic heterocycles. The monoisotopic (exact) mass is 245 g/mol. The minimum absolute atomic E-state index is 0.190. The molecule has 0 aliphatic rings. The molecule has 1 aromatic rings. The second-order valence-corrected chi connectivity index (χ2v) is 5.21. The predicted molar refractivity (Wildman–Crippen MR) is 59.3 cm³/mol. The third-order valence-corrected chi connectivity index (χ3v) is 3.06. The summed E-state index contributed by atoms with van der Waals surface area (Å²) in [6, 6.07) is 2.43. The number of benzene rings is 1. The smallest absolute Gasteiger partial charge is 0.184 e. The van der Waals surface area contributed by atoms with Crippen molar-refractivity contribution >= 4 is 15.9 Å². The van der Waals surface area contributed by atoms with Crippen LogP contribution in [-0.4, -0.2) is 26.3 Å². The number of phenolic OH excluding ortho intramolecular Hbond substituents is 1. The molecule has 0 saturated carbocycles.